The van der Waals surface area contributed by atoms with Gasteiger partial charge in [0.05, 0.1) is 34.0 Å². The predicted octanol–water partition coefficient (Wildman–Crippen LogP) is 1.67. The van der Waals surface area contributed by atoms with Gasteiger partial charge in [0.1, 0.15) is 11.8 Å². The van der Waals surface area contributed by atoms with Gasteiger partial charge in [0, 0.05) is 17.4 Å². The van der Waals surface area contributed by atoms with E-state index in [4.69, 9.17) is 23.3 Å². The van der Waals surface area contributed by atoms with E-state index in [1.807, 2.05) is 24.3 Å². The molecule has 9 nitrogen and oxygen atoms in total. The van der Waals surface area contributed by atoms with E-state index in [1.165, 1.54) is 21.3 Å². The van der Waals surface area contributed by atoms with E-state index in [0.29, 0.717) is 28.4 Å². The van der Waals surface area contributed by atoms with Crippen LogP contribution in [0, 0.1) is 0 Å². The van der Waals surface area contributed by atoms with E-state index >= 15 is 0 Å². The average molecular weight is 429 g/mol. The summed E-state index contributed by atoms with van der Waals surface area (Å²) in [6.07, 6.45) is 0.714. The van der Waals surface area contributed by atoms with Crippen LogP contribution in [0.1, 0.15) is 11.1 Å². The first-order valence-corrected chi connectivity index (χ1v) is 9.50. The van der Waals surface area contributed by atoms with Gasteiger partial charge in [-0.05, 0) is 23.8 Å². The number of carbonyl (C=O) groups is 1. The second kappa shape index (κ2) is 10.2. The first kappa shape index (κ1) is 22.5. The highest BCUT2D eigenvalue weighted by molar-refractivity contribution is 6.32. The van der Waals surface area contributed by atoms with Gasteiger partial charge in [0.15, 0.2) is 11.5 Å². The third kappa shape index (κ3) is 5.49. The van der Waals surface area contributed by atoms with Gasteiger partial charge in [0.2, 0.25) is 11.7 Å². The van der Waals surface area contributed by atoms with Gasteiger partial charge in [0.25, 0.3) is 0 Å². The second-order valence-corrected chi connectivity index (χ2v) is 6.69. The average Bonchev–Trinajstić information content (AvgIpc) is 3.15. The van der Waals surface area contributed by atoms with Crippen molar-refractivity contribution < 1.29 is 38.1 Å². The number of methoxy groups -OCH3 is 3. The molecule has 0 saturated heterocycles. The maximum atomic E-state index is 12.7. The molecule has 0 aliphatic carbocycles. The number of ether oxygens (including phenoxy) is 3. The Hall–Kier alpha value is -3.21. The van der Waals surface area contributed by atoms with Gasteiger partial charge in [-0.15, -0.1) is 0 Å². The van der Waals surface area contributed by atoms with E-state index in [1.54, 1.807) is 18.4 Å². The van der Waals surface area contributed by atoms with Crippen molar-refractivity contribution in [1.29, 1.82) is 0 Å². The zero-order valence-electron chi connectivity index (χ0n) is 17.5. The topological polar surface area (TPSA) is 120 Å². The van der Waals surface area contributed by atoms with Gasteiger partial charge in [-0.2, -0.15) is 0 Å². The van der Waals surface area contributed by atoms with E-state index in [-0.39, 0.29) is 12.8 Å². The van der Waals surface area contributed by atoms with Crippen molar-refractivity contribution in [3.63, 3.8) is 0 Å². The molecule has 0 radical (unpaired) electrons. The summed E-state index contributed by atoms with van der Waals surface area (Å²) in [7, 11) is 2.42. The van der Waals surface area contributed by atoms with Crippen LogP contribution in [-0.4, -0.2) is 50.8 Å². The number of furan rings is 1. The number of hydrogen-bond donors (Lipinski definition) is 3. The number of amides is 1. The molecule has 31 heavy (non-hydrogen) atoms. The Kier molecular flexibility index (Phi) is 7.40. The van der Waals surface area contributed by atoms with Crippen molar-refractivity contribution in [2.24, 2.45) is 0 Å². The summed E-state index contributed by atoms with van der Waals surface area (Å²) in [5.41, 5.74) is 2.06. The number of para-hydroxylation sites is 1. The Balaban J connectivity index is 1.75. The molecule has 0 spiro atoms. The molecule has 2 aromatic carbocycles. The molecular weight excluding hydrogens is 405 g/mol. The number of carbonyl (C=O) groups excluding carboxylic acids is 1. The molecule has 0 saturated carbocycles. The standard InChI is InChI=1S/C21H24BNO8/c1-27-17-8-13(9-18(28-2)21(17)29-3)10-19(24)23-20(31-22(25)26)11-14-12-30-16-7-5-4-6-15(14)16/h4-9,12,20,25-26H,10-11H2,1-3H3,(H,23,24)/t20-/m1/s1. The minimum absolute atomic E-state index is 0.0236. The number of nitrogens with one attached hydrogen (secondary N) is 1. The molecule has 0 fully saturated rings. The normalized spacial score (nSPS) is 11.8. The molecule has 1 atom stereocenters. The summed E-state index contributed by atoms with van der Waals surface area (Å²) in [5.74, 6) is 0.875. The third-order valence-electron chi connectivity index (χ3n) is 4.66. The Morgan fingerprint density at radius 3 is 2.39 bits per heavy atom. The first-order chi connectivity index (χ1) is 14.9. The fraction of sp³-hybridized carbons (Fsp3) is 0.286. The quantitative estimate of drug-likeness (QED) is 0.329. The van der Waals surface area contributed by atoms with Crippen LogP contribution >= 0.6 is 0 Å². The van der Waals surface area contributed by atoms with Crippen molar-refractivity contribution in [1.82, 2.24) is 5.32 Å². The third-order valence-corrected chi connectivity index (χ3v) is 4.66. The molecule has 0 unspecified atom stereocenters. The zero-order valence-corrected chi connectivity index (χ0v) is 17.5. The molecule has 1 amide bonds. The lowest BCUT2D eigenvalue weighted by atomic mass is 10.1. The lowest BCUT2D eigenvalue weighted by Crippen LogP contribution is -2.43. The fourth-order valence-electron chi connectivity index (χ4n) is 3.32. The van der Waals surface area contributed by atoms with E-state index < -0.39 is 19.5 Å². The maximum Gasteiger partial charge on any atom is 0.635 e. The summed E-state index contributed by atoms with van der Waals surface area (Å²) < 4.78 is 26.5. The summed E-state index contributed by atoms with van der Waals surface area (Å²) in [5, 5.41) is 22.1. The van der Waals surface area contributed by atoms with Crippen LogP contribution in [0.2, 0.25) is 0 Å². The van der Waals surface area contributed by atoms with Crippen LogP contribution in [-0.2, 0) is 22.3 Å². The Morgan fingerprint density at radius 2 is 1.77 bits per heavy atom. The van der Waals surface area contributed by atoms with Gasteiger partial charge < -0.3 is 38.6 Å². The van der Waals surface area contributed by atoms with E-state index in [0.717, 1.165) is 10.9 Å². The fourth-order valence-corrected chi connectivity index (χ4v) is 3.32. The molecule has 1 aromatic heterocycles. The monoisotopic (exact) mass is 429 g/mol. The Morgan fingerprint density at radius 1 is 1.10 bits per heavy atom. The minimum atomic E-state index is -2.05. The highest BCUT2D eigenvalue weighted by Crippen LogP contribution is 2.38. The molecule has 1 heterocycles. The minimum Gasteiger partial charge on any atom is -0.493 e. The summed E-state index contributed by atoms with van der Waals surface area (Å²) in [6, 6.07) is 10.7. The largest absolute Gasteiger partial charge is 0.635 e. The van der Waals surface area contributed by atoms with Crippen molar-refractivity contribution >= 4 is 24.2 Å². The molecule has 3 rings (SSSR count). The molecule has 0 aliphatic rings. The number of hydrogen-bond acceptors (Lipinski definition) is 8. The lowest BCUT2D eigenvalue weighted by Gasteiger charge is -2.19. The Labute approximate surface area is 179 Å². The van der Waals surface area contributed by atoms with Crippen LogP contribution in [0.4, 0.5) is 0 Å². The van der Waals surface area contributed by atoms with Gasteiger partial charge in [-0.25, -0.2) is 0 Å². The summed E-state index contributed by atoms with van der Waals surface area (Å²) in [6.45, 7) is 0. The predicted molar refractivity (Wildman–Crippen MR) is 113 cm³/mol. The van der Waals surface area contributed by atoms with Gasteiger partial charge in [-0.3, -0.25) is 4.79 Å². The molecule has 0 aliphatic heterocycles. The van der Waals surface area contributed by atoms with E-state index in [9.17, 15) is 14.8 Å². The van der Waals surface area contributed by atoms with Crippen LogP contribution in [0.25, 0.3) is 11.0 Å². The van der Waals surface area contributed by atoms with E-state index in [2.05, 4.69) is 5.32 Å². The summed E-state index contributed by atoms with van der Waals surface area (Å²) in [4.78, 5) is 12.7. The molecule has 3 aromatic rings. The van der Waals surface area contributed by atoms with Crippen molar-refractivity contribution in [3.05, 3.63) is 53.8 Å². The molecule has 3 N–H and O–H groups in total. The number of benzene rings is 2. The lowest BCUT2D eigenvalue weighted by molar-refractivity contribution is -0.123. The summed E-state index contributed by atoms with van der Waals surface area (Å²) >= 11 is 0. The smallest absolute Gasteiger partial charge is 0.493 e. The maximum absolute atomic E-state index is 12.7. The van der Waals surface area contributed by atoms with Crippen molar-refractivity contribution in [2.75, 3.05) is 21.3 Å². The Bertz CT molecular complexity index is 1010. The van der Waals surface area contributed by atoms with Crippen molar-refractivity contribution in [3.8, 4) is 17.2 Å². The molecule has 0 bridgehead atoms. The van der Waals surface area contributed by atoms with Crippen LogP contribution < -0.4 is 19.5 Å². The highest BCUT2D eigenvalue weighted by atomic mass is 16.6. The van der Waals surface area contributed by atoms with Crippen molar-refractivity contribution in [2.45, 2.75) is 19.1 Å². The SMILES string of the molecule is COc1cc(CC(=O)N[C@@H](Cc2coc3ccccc23)OB(O)O)cc(OC)c1OC. The number of fused-ring (bicyclic) bond motifs is 1. The van der Waals surface area contributed by atoms with Gasteiger partial charge in [-0.1, -0.05) is 18.2 Å². The van der Waals surface area contributed by atoms with Gasteiger partial charge >= 0.3 is 7.32 Å². The first-order valence-electron chi connectivity index (χ1n) is 9.50. The zero-order chi connectivity index (χ0) is 22.4. The highest BCUT2D eigenvalue weighted by Gasteiger charge is 2.23. The molecule has 164 valence electrons. The number of rotatable bonds is 10. The van der Waals surface area contributed by atoms with Crippen LogP contribution in [0.15, 0.2) is 47.1 Å². The molecule has 10 heteroatoms. The molecular formula is C21H24BNO8. The van der Waals surface area contributed by atoms with Crippen LogP contribution in [0.5, 0.6) is 17.2 Å². The van der Waals surface area contributed by atoms with Crippen LogP contribution in [0.3, 0.4) is 0 Å². The second-order valence-electron chi connectivity index (χ2n) is 6.69.